The smallest absolute Gasteiger partial charge is 0.319 e. The van der Waals surface area contributed by atoms with E-state index in [1.165, 1.54) is 33.7 Å². The fraction of sp³-hybridized carbons (Fsp3) is 0.273. The van der Waals surface area contributed by atoms with Crippen LogP contribution >= 0.6 is 11.8 Å². The van der Waals surface area contributed by atoms with Crippen LogP contribution in [-0.2, 0) is 16.0 Å². The third kappa shape index (κ3) is 4.07. The van der Waals surface area contributed by atoms with Crippen LogP contribution in [0.2, 0.25) is 0 Å². The molecule has 134 valence electrons. The number of thioether (sulfide) groups is 1. The molecule has 4 heteroatoms. The lowest BCUT2D eigenvalue weighted by molar-refractivity contribution is -0.142. The average Bonchev–Trinajstić information content (AvgIpc) is 2.66. The van der Waals surface area contributed by atoms with Crippen molar-refractivity contribution in [2.75, 3.05) is 6.61 Å². The molecule has 2 aromatic carbocycles. The van der Waals surface area contributed by atoms with Crippen LogP contribution in [0.3, 0.4) is 0 Å². The molecule has 3 aromatic rings. The van der Waals surface area contributed by atoms with Gasteiger partial charge in [0.2, 0.25) is 0 Å². The molecular weight excluding hydrogens is 342 g/mol. The number of esters is 1. The fourth-order valence-corrected chi connectivity index (χ4v) is 3.99. The lowest BCUT2D eigenvalue weighted by Gasteiger charge is -2.14. The van der Waals surface area contributed by atoms with Gasteiger partial charge in [-0.1, -0.05) is 36.4 Å². The van der Waals surface area contributed by atoms with Gasteiger partial charge in [-0.2, -0.15) is 0 Å². The summed E-state index contributed by atoms with van der Waals surface area (Å²) in [6, 6.07) is 14.8. The number of aromatic nitrogens is 1. The zero-order valence-electron chi connectivity index (χ0n) is 15.4. The van der Waals surface area contributed by atoms with Gasteiger partial charge in [0.15, 0.2) is 0 Å². The first kappa shape index (κ1) is 18.5. The number of hydrogen-bond acceptors (Lipinski definition) is 4. The summed E-state index contributed by atoms with van der Waals surface area (Å²) in [7, 11) is 0. The Balaban J connectivity index is 1.90. The number of aryl methyl sites for hydroxylation is 1. The molecule has 1 unspecified atom stereocenters. The fourth-order valence-electron chi connectivity index (χ4n) is 3.03. The van der Waals surface area contributed by atoms with Gasteiger partial charge in [-0.15, -0.1) is 11.8 Å². The predicted molar refractivity (Wildman–Crippen MR) is 108 cm³/mol. The second-order valence-electron chi connectivity index (χ2n) is 6.26. The standard InChI is InChI=1S/C22H23NO2S/c1-4-25-22(24)16(3)26-21-11-12-23-14-18(21)13-17-10-9-15(2)19-7-5-6-8-20(17)19/h5-12,14,16H,4,13H2,1-3H3. The van der Waals surface area contributed by atoms with Gasteiger partial charge in [-0.05, 0) is 54.3 Å². The second kappa shape index (κ2) is 8.37. The first-order valence-corrected chi connectivity index (χ1v) is 9.71. The summed E-state index contributed by atoms with van der Waals surface area (Å²) in [6.45, 7) is 6.25. The van der Waals surface area contributed by atoms with Crippen LogP contribution < -0.4 is 0 Å². The molecule has 0 saturated carbocycles. The van der Waals surface area contributed by atoms with Gasteiger partial charge in [0.05, 0.1) is 6.61 Å². The topological polar surface area (TPSA) is 39.2 Å². The number of rotatable bonds is 6. The van der Waals surface area contributed by atoms with Crippen molar-refractivity contribution in [1.29, 1.82) is 0 Å². The van der Waals surface area contributed by atoms with Crippen molar-refractivity contribution in [3.63, 3.8) is 0 Å². The van der Waals surface area contributed by atoms with E-state index in [1.807, 2.05) is 26.1 Å². The number of pyridine rings is 1. The Labute approximate surface area is 158 Å². The van der Waals surface area contributed by atoms with E-state index >= 15 is 0 Å². The van der Waals surface area contributed by atoms with E-state index in [2.05, 4.69) is 48.3 Å². The van der Waals surface area contributed by atoms with E-state index in [-0.39, 0.29) is 11.2 Å². The molecule has 3 rings (SSSR count). The lowest BCUT2D eigenvalue weighted by atomic mass is 9.96. The van der Waals surface area contributed by atoms with E-state index in [4.69, 9.17) is 4.74 Å². The molecule has 0 bridgehead atoms. The van der Waals surface area contributed by atoms with Crippen molar-refractivity contribution >= 4 is 28.5 Å². The molecule has 0 N–H and O–H groups in total. The predicted octanol–water partition coefficient (Wildman–Crippen LogP) is 5.18. The third-order valence-corrected chi connectivity index (χ3v) is 5.59. The van der Waals surface area contributed by atoms with E-state index in [1.54, 1.807) is 6.20 Å². The summed E-state index contributed by atoms with van der Waals surface area (Å²) in [5.41, 5.74) is 3.67. The summed E-state index contributed by atoms with van der Waals surface area (Å²) in [5.74, 6) is -0.180. The Bertz CT molecular complexity index is 923. The Hall–Kier alpha value is -2.33. The van der Waals surface area contributed by atoms with Crippen molar-refractivity contribution in [3.8, 4) is 0 Å². The van der Waals surface area contributed by atoms with Crippen LogP contribution in [0.5, 0.6) is 0 Å². The molecule has 26 heavy (non-hydrogen) atoms. The van der Waals surface area contributed by atoms with Crippen LogP contribution in [0.1, 0.15) is 30.5 Å². The molecule has 0 amide bonds. The minimum Gasteiger partial charge on any atom is -0.465 e. The molecule has 0 fully saturated rings. The number of ether oxygens (including phenoxy) is 1. The van der Waals surface area contributed by atoms with Crippen molar-refractivity contribution < 1.29 is 9.53 Å². The molecule has 3 nitrogen and oxygen atoms in total. The molecule has 0 aliphatic rings. The van der Waals surface area contributed by atoms with E-state index < -0.39 is 0 Å². The molecule has 1 atom stereocenters. The maximum absolute atomic E-state index is 12.0. The van der Waals surface area contributed by atoms with Gasteiger partial charge in [0.25, 0.3) is 0 Å². The van der Waals surface area contributed by atoms with Crippen LogP contribution in [0, 0.1) is 6.92 Å². The van der Waals surface area contributed by atoms with Gasteiger partial charge in [0, 0.05) is 23.7 Å². The first-order valence-electron chi connectivity index (χ1n) is 8.83. The zero-order valence-corrected chi connectivity index (χ0v) is 16.2. The van der Waals surface area contributed by atoms with Crippen LogP contribution in [-0.4, -0.2) is 22.8 Å². The van der Waals surface area contributed by atoms with Gasteiger partial charge < -0.3 is 4.74 Å². The summed E-state index contributed by atoms with van der Waals surface area (Å²) in [6.07, 6.45) is 4.46. The van der Waals surface area contributed by atoms with Crippen LogP contribution in [0.4, 0.5) is 0 Å². The van der Waals surface area contributed by atoms with Gasteiger partial charge in [0.1, 0.15) is 5.25 Å². The normalized spacial score (nSPS) is 12.1. The largest absolute Gasteiger partial charge is 0.465 e. The molecular formula is C22H23NO2S. The van der Waals surface area contributed by atoms with Crippen LogP contribution in [0.15, 0.2) is 59.8 Å². The Kier molecular flexibility index (Phi) is 5.94. The summed E-state index contributed by atoms with van der Waals surface area (Å²) in [5, 5.41) is 2.31. The highest BCUT2D eigenvalue weighted by Gasteiger charge is 2.17. The van der Waals surface area contributed by atoms with Gasteiger partial charge in [-0.3, -0.25) is 9.78 Å². The average molecular weight is 365 g/mol. The highest BCUT2D eigenvalue weighted by Crippen LogP contribution is 2.30. The van der Waals surface area contributed by atoms with Crippen molar-refractivity contribution in [2.24, 2.45) is 0 Å². The molecule has 0 radical (unpaired) electrons. The Morgan fingerprint density at radius 1 is 1.12 bits per heavy atom. The number of benzene rings is 2. The zero-order chi connectivity index (χ0) is 18.5. The lowest BCUT2D eigenvalue weighted by Crippen LogP contribution is -2.16. The van der Waals surface area contributed by atoms with Crippen LogP contribution in [0.25, 0.3) is 10.8 Å². The van der Waals surface area contributed by atoms with Crippen molar-refractivity contribution in [1.82, 2.24) is 4.98 Å². The Morgan fingerprint density at radius 2 is 1.88 bits per heavy atom. The summed E-state index contributed by atoms with van der Waals surface area (Å²) < 4.78 is 5.13. The number of carbonyl (C=O) groups excluding carboxylic acids is 1. The number of hydrogen-bond donors (Lipinski definition) is 0. The summed E-state index contributed by atoms with van der Waals surface area (Å²) in [4.78, 5) is 17.3. The van der Waals surface area contributed by atoms with E-state index in [9.17, 15) is 4.79 Å². The van der Waals surface area contributed by atoms with E-state index in [0.717, 1.165) is 16.9 Å². The third-order valence-electron chi connectivity index (χ3n) is 4.39. The highest BCUT2D eigenvalue weighted by molar-refractivity contribution is 8.00. The van der Waals surface area contributed by atoms with E-state index in [0.29, 0.717) is 6.61 Å². The maximum Gasteiger partial charge on any atom is 0.319 e. The number of nitrogens with zero attached hydrogens (tertiary/aromatic N) is 1. The van der Waals surface area contributed by atoms with Crippen molar-refractivity contribution in [2.45, 2.75) is 37.3 Å². The molecule has 1 heterocycles. The minimum atomic E-state index is -0.245. The molecule has 0 aliphatic heterocycles. The van der Waals surface area contributed by atoms with Gasteiger partial charge >= 0.3 is 5.97 Å². The second-order valence-corrected chi connectivity index (χ2v) is 7.64. The highest BCUT2D eigenvalue weighted by atomic mass is 32.2. The van der Waals surface area contributed by atoms with Crippen molar-refractivity contribution in [3.05, 3.63) is 71.5 Å². The molecule has 1 aromatic heterocycles. The minimum absolute atomic E-state index is 0.180. The first-order chi connectivity index (χ1) is 12.6. The van der Waals surface area contributed by atoms with Gasteiger partial charge in [-0.25, -0.2) is 0 Å². The number of fused-ring (bicyclic) bond motifs is 1. The molecule has 0 aliphatic carbocycles. The molecule has 0 spiro atoms. The summed E-state index contributed by atoms with van der Waals surface area (Å²) >= 11 is 1.53. The Morgan fingerprint density at radius 3 is 2.65 bits per heavy atom. The maximum atomic E-state index is 12.0. The monoisotopic (exact) mass is 365 g/mol. The molecule has 0 saturated heterocycles. The number of carbonyl (C=O) groups is 1. The SMILES string of the molecule is CCOC(=O)C(C)Sc1ccncc1Cc1ccc(C)c2ccccc12. The quantitative estimate of drug-likeness (QED) is 0.446.